The number of hydrogen-bond donors (Lipinski definition) is 0. The van der Waals surface area contributed by atoms with Gasteiger partial charge >= 0.3 is 28.8 Å². The number of rotatable bonds is 0. The van der Waals surface area contributed by atoms with E-state index in [0.29, 0.717) is 0 Å². The Kier molecular flexibility index (Phi) is 6.99. The molecule has 1 aliphatic rings. The van der Waals surface area contributed by atoms with Crippen LogP contribution in [0.25, 0.3) is 0 Å². The van der Waals surface area contributed by atoms with Gasteiger partial charge in [0.2, 0.25) is 0 Å². The topological polar surface area (TPSA) is 0 Å². The molecule has 4 heteroatoms. The molecule has 5 radical (unpaired) electrons. The van der Waals surface area contributed by atoms with Crippen molar-refractivity contribution in [2.75, 3.05) is 0 Å². The van der Waals surface area contributed by atoms with Gasteiger partial charge < -0.3 is 0 Å². The Bertz CT molecular complexity index is 43.8. The first kappa shape index (κ1) is 9.50. The van der Waals surface area contributed by atoms with E-state index in [2.05, 4.69) is 0 Å². The molecule has 9 heavy (non-hydrogen) atoms. The Hall–Kier alpha value is 0.504. The zero-order chi connectivity index (χ0) is 7.11. The van der Waals surface area contributed by atoms with Crippen molar-refractivity contribution in [3.05, 3.63) is 32.1 Å². The first-order chi connectivity index (χ1) is 4.23. The summed E-state index contributed by atoms with van der Waals surface area (Å²) in [5.41, 5.74) is 0. The van der Waals surface area contributed by atoms with Gasteiger partial charge in [0.15, 0.2) is 0 Å². The van der Waals surface area contributed by atoms with Crippen LogP contribution in [0.2, 0.25) is 0 Å². The van der Waals surface area contributed by atoms with Crippen molar-refractivity contribution >= 4 is 0 Å². The van der Waals surface area contributed by atoms with Crippen molar-refractivity contribution in [3.8, 4) is 0 Å². The molecule has 0 aromatic heterocycles. The molecule has 0 saturated heterocycles. The molecular formula is C5H5F3Ti+. The Morgan fingerprint density at radius 2 is 0.778 bits per heavy atom. The Balaban J connectivity index is 0.000000148. The summed E-state index contributed by atoms with van der Waals surface area (Å²) in [7, 11) is 0. The first-order valence-corrected chi connectivity index (χ1v) is 4.00. The van der Waals surface area contributed by atoms with E-state index in [9.17, 15) is 9.28 Å². The molecule has 0 nitrogen and oxygen atoms in total. The van der Waals surface area contributed by atoms with Gasteiger partial charge in [0.05, 0.1) is 0 Å². The fourth-order valence-corrected chi connectivity index (χ4v) is 0.321. The summed E-state index contributed by atoms with van der Waals surface area (Å²) in [5, 5.41) is 0. The molecule has 0 spiro atoms. The maximum atomic E-state index is 9.83. The van der Waals surface area contributed by atoms with Crippen molar-refractivity contribution in [2.24, 2.45) is 0 Å². The molecule has 0 heterocycles. The number of hydrogen-bond acceptors (Lipinski definition) is 0. The third-order valence-corrected chi connectivity index (χ3v) is 0.556. The molecular weight excluding hydrogens is 165 g/mol. The van der Waals surface area contributed by atoms with Crippen LogP contribution in [0.3, 0.4) is 0 Å². The summed E-state index contributed by atoms with van der Waals surface area (Å²) < 4.78 is 29.5. The zero-order valence-electron chi connectivity index (χ0n) is 4.52. The van der Waals surface area contributed by atoms with Gasteiger partial charge in [-0.15, -0.1) is 0 Å². The van der Waals surface area contributed by atoms with Crippen LogP contribution in [-0.4, -0.2) is 0 Å². The quantitative estimate of drug-likeness (QED) is 0.489. The molecule has 0 unspecified atom stereocenters. The maximum absolute atomic E-state index is 9.83. The minimum atomic E-state index is -4.83. The number of halogens is 3. The summed E-state index contributed by atoms with van der Waals surface area (Å²) >= 11 is -4.83. The molecule has 0 bridgehead atoms. The average molecular weight is 170 g/mol. The van der Waals surface area contributed by atoms with Crippen molar-refractivity contribution in [1.29, 1.82) is 0 Å². The Morgan fingerprint density at radius 3 is 0.889 bits per heavy atom. The van der Waals surface area contributed by atoms with Crippen LogP contribution in [-0.2, 0) is 19.5 Å². The van der Waals surface area contributed by atoms with Crippen molar-refractivity contribution in [3.63, 3.8) is 0 Å². The summed E-state index contributed by atoms with van der Waals surface area (Å²) in [6.07, 6.45) is 10.0. The second-order valence-electron chi connectivity index (χ2n) is 1.18. The summed E-state index contributed by atoms with van der Waals surface area (Å²) in [6, 6.07) is 0. The van der Waals surface area contributed by atoms with Crippen LogP contribution in [0, 0.1) is 32.1 Å². The van der Waals surface area contributed by atoms with E-state index in [-0.39, 0.29) is 0 Å². The van der Waals surface area contributed by atoms with Crippen molar-refractivity contribution < 1.29 is 28.8 Å². The molecule has 49 valence electrons. The average Bonchev–Trinajstić information content (AvgIpc) is 2.11. The zero-order valence-corrected chi connectivity index (χ0v) is 6.08. The third kappa shape index (κ3) is 11.9. The van der Waals surface area contributed by atoms with E-state index in [1.54, 1.807) is 0 Å². The van der Waals surface area contributed by atoms with Gasteiger partial charge in [0.1, 0.15) is 0 Å². The van der Waals surface area contributed by atoms with Crippen LogP contribution in [0.5, 0.6) is 0 Å². The van der Waals surface area contributed by atoms with E-state index in [4.69, 9.17) is 0 Å². The standard InChI is InChI=1S/C5H5.3FH.Ti/c1-2-4-5-3-1;;;;/h1-5H;3*1H;/q;;;;+4/p-3. The van der Waals surface area contributed by atoms with Crippen molar-refractivity contribution in [2.45, 2.75) is 0 Å². The molecule has 0 aromatic carbocycles. The van der Waals surface area contributed by atoms with Gasteiger partial charge in [-0.05, 0) is 32.1 Å². The van der Waals surface area contributed by atoms with Crippen LogP contribution >= 0.6 is 0 Å². The van der Waals surface area contributed by atoms with Gasteiger partial charge in [-0.25, -0.2) is 0 Å². The van der Waals surface area contributed by atoms with E-state index in [1.807, 2.05) is 32.1 Å². The predicted octanol–water partition coefficient (Wildman–Crippen LogP) is 2.28. The fourth-order valence-electron chi connectivity index (χ4n) is 0.321. The molecule has 1 rings (SSSR count). The van der Waals surface area contributed by atoms with Crippen LogP contribution < -0.4 is 0 Å². The minimum absolute atomic E-state index is 2.00. The molecule has 0 aliphatic heterocycles. The summed E-state index contributed by atoms with van der Waals surface area (Å²) in [5.74, 6) is 0. The van der Waals surface area contributed by atoms with Crippen molar-refractivity contribution in [1.82, 2.24) is 0 Å². The van der Waals surface area contributed by atoms with E-state index in [0.717, 1.165) is 0 Å². The first-order valence-electron chi connectivity index (χ1n) is 2.23. The van der Waals surface area contributed by atoms with Gasteiger partial charge in [-0.2, -0.15) is 0 Å². The molecule has 1 fully saturated rings. The van der Waals surface area contributed by atoms with E-state index in [1.165, 1.54) is 0 Å². The Labute approximate surface area is 61.3 Å². The van der Waals surface area contributed by atoms with E-state index >= 15 is 0 Å². The van der Waals surface area contributed by atoms with Crippen LogP contribution in [0.15, 0.2) is 0 Å². The fraction of sp³-hybridized carbons (Fsp3) is 0. The van der Waals surface area contributed by atoms with Crippen LogP contribution in [0.1, 0.15) is 0 Å². The molecule has 1 saturated carbocycles. The van der Waals surface area contributed by atoms with Crippen LogP contribution in [0.4, 0.5) is 9.28 Å². The molecule has 0 amide bonds. The Morgan fingerprint density at radius 1 is 0.667 bits per heavy atom. The molecule has 1 aliphatic carbocycles. The van der Waals surface area contributed by atoms with Gasteiger partial charge in [0.25, 0.3) is 0 Å². The van der Waals surface area contributed by atoms with Gasteiger partial charge in [0, 0.05) is 0 Å². The third-order valence-electron chi connectivity index (χ3n) is 0.556. The molecule has 0 aromatic rings. The predicted molar refractivity (Wildman–Crippen MR) is 24.8 cm³/mol. The second-order valence-corrected chi connectivity index (χ2v) is 1.85. The molecule has 0 N–H and O–H groups in total. The molecule has 0 atom stereocenters. The summed E-state index contributed by atoms with van der Waals surface area (Å²) in [4.78, 5) is 0. The SMILES string of the molecule is [CH]1[CH][CH][CH][CH]1.[F][Ti+]([F])[F]. The normalized spacial score (nSPS) is 16.3. The van der Waals surface area contributed by atoms with Gasteiger partial charge in [-0.1, -0.05) is 0 Å². The second kappa shape index (κ2) is 6.62. The summed E-state index contributed by atoms with van der Waals surface area (Å²) in [6.45, 7) is 0. The van der Waals surface area contributed by atoms with Gasteiger partial charge in [-0.3, -0.25) is 0 Å². The van der Waals surface area contributed by atoms with E-state index < -0.39 is 19.5 Å². The monoisotopic (exact) mass is 170 g/mol.